The second-order valence-electron chi connectivity index (χ2n) is 0.943. The third kappa shape index (κ3) is 1.48. The maximum atomic E-state index is 4.71. The first-order chi connectivity index (χ1) is 2.50. The molecule has 0 aromatic heterocycles. The maximum Gasteiger partial charge on any atom is 0.395 e. The van der Waals surface area contributed by atoms with Crippen molar-refractivity contribution in [3.63, 3.8) is 0 Å². The Balaban J connectivity index is 0.000000250. The Hall–Kier alpha value is 0.0499. The molecular weight excluding hydrogens is 75.7 g/mol. The zero-order valence-corrected chi connectivity index (χ0v) is 3.48. The molecule has 1 fully saturated rings. The Kier molecular flexibility index (Phi) is 3.27. The first kappa shape index (κ1) is 6.05. The van der Waals surface area contributed by atoms with Gasteiger partial charge in [0.05, 0.1) is 0 Å². The average molecular weight is 80.7 g/mol. The van der Waals surface area contributed by atoms with Gasteiger partial charge in [-0.2, -0.15) is 0 Å². The standard InChI is InChI=1S/C2H5BNO.B/c1-2-5-3-4-1;/h4H,1-2H2;. The molecule has 0 bridgehead atoms. The van der Waals surface area contributed by atoms with Crippen LogP contribution in [0.5, 0.6) is 0 Å². The van der Waals surface area contributed by atoms with E-state index in [2.05, 4.69) is 5.23 Å². The number of hydrogen-bond acceptors (Lipinski definition) is 2. The van der Waals surface area contributed by atoms with Gasteiger partial charge in [0.25, 0.3) is 0 Å². The lowest BCUT2D eigenvalue weighted by Gasteiger charge is -1.73. The van der Waals surface area contributed by atoms with Gasteiger partial charge in [-0.05, 0) is 0 Å². The summed E-state index contributed by atoms with van der Waals surface area (Å²) < 4.78 is 4.71. The molecule has 4 heteroatoms. The average Bonchev–Trinajstić information content (AvgIpc) is 1.76. The number of hydrogen-bond donors (Lipinski definition) is 1. The molecule has 0 aromatic carbocycles. The molecule has 2 nitrogen and oxygen atoms in total. The summed E-state index contributed by atoms with van der Waals surface area (Å²) in [5.41, 5.74) is 0. The molecule has 0 aromatic rings. The number of rotatable bonds is 0. The molecule has 1 heterocycles. The summed E-state index contributed by atoms with van der Waals surface area (Å²) in [5, 5.41) is 2.88. The van der Waals surface area contributed by atoms with E-state index in [9.17, 15) is 0 Å². The molecule has 1 saturated heterocycles. The SMILES string of the molecule is [B].[B]1NCCO1. The fourth-order valence-corrected chi connectivity index (χ4v) is 0.295. The third-order valence-corrected chi connectivity index (χ3v) is 0.531. The molecule has 6 heavy (non-hydrogen) atoms. The van der Waals surface area contributed by atoms with Crippen LogP contribution in [0.1, 0.15) is 0 Å². The van der Waals surface area contributed by atoms with Crippen LogP contribution in [-0.2, 0) is 4.65 Å². The normalized spacial score (nSPS) is 18.7. The van der Waals surface area contributed by atoms with Gasteiger partial charge >= 0.3 is 7.62 Å². The highest BCUT2D eigenvalue weighted by atomic mass is 16.4. The van der Waals surface area contributed by atoms with Crippen LogP contribution in [0.2, 0.25) is 0 Å². The van der Waals surface area contributed by atoms with Crippen molar-refractivity contribution in [1.29, 1.82) is 0 Å². The van der Waals surface area contributed by atoms with Crippen molar-refractivity contribution in [3.05, 3.63) is 0 Å². The van der Waals surface area contributed by atoms with Crippen molar-refractivity contribution in [2.24, 2.45) is 0 Å². The van der Waals surface area contributed by atoms with Crippen LogP contribution in [-0.4, -0.2) is 29.2 Å². The molecule has 1 rings (SSSR count). The quantitative estimate of drug-likeness (QED) is 0.368. The lowest BCUT2D eigenvalue weighted by atomic mass is 10.3. The molecule has 0 aliphatic carbocycles. The van der Waals surface area contributed by atoms with Crippen molar-refractivity contribution >= 4 is 16.0 Å². The Morgan fingerprint density at radius 1 is 1.67 bits per heavy atom. The minimum atomic E-state index is 0. The van der Waals surface area contributed by atoms with E-state index in [-0.39, 0.29) is 8.41 Å². The molecule has 0 saturated carbocycles. The second kappa shape index (κ2) is 3.25. The van der Waals surface area contributed by atoms with Gasteiger partial charge in [0, 0.05) is 21.6 Å². The van der Waals surface area contributed by atoms with Crippen LogP contribution < -0.4 is 5.23 Å². The van der Waals surface area contributed by atoms with E-state index in [0.29, 0.717) is 0 Å². The highest BCUT2D eigenvalue weighted by Crippen LogP contribution is 1.72. The zero-order valence-electron chi connectivity index (χ0n) is 3.48. The molecular formula is C2H5B2NO. The highest BCUT2D eigenvalue weighted by molar-refractivity contribution is 6.24. The first-order valence-corrected chi connectivity index (χ1v) is 1.67. The van der Waals surface area contributed by atoms with Gasteiger partial charge in [-0.1, -0.05) is 0 Å². The molecule has 0 amide bonds. The Labute approximate surface area is 40.1 Å². The molecule has 1 aliphatic heterocycles. The second-order valence-corrected chi connectivity index (χ2v) is 0.943. The minimum Gasteiger partial charge on any atom is -0.423 e. The van der Waals surface area contributed by atoms with Gasteiger partial charge in [0.1, 0.15) is 0 Å². The van der Waals surface area contributed by atoms with Gasteiger partial charge in [0.2, 0.25) is 0 Å². The fourth-order valence-electron chi connectivity index (χ4n) is 0.295. The molecule has 30 valence electrons. The van der Waals surface area contributed by atoms with Crippen molar-refractivity contribution < 1.29 is 4.65 Å². The van der Waals surface area contributed by atoms with Crippen molar-refractivity contribution in [3.8, 4) is 0 Å². The molecule has 0 atom stereocenters. The molecule has 1 aliphatic rings. The van der Waals surface area contributed by atoms with E-state index in [1.54, 1.807) is 7.62 Å². The summed E-state index contributed by atoms with van der Waals surface area (Å²) in [6.45, 7) is 1.81. The van der Waals surface area contributed by atoms with Crippen molar-refractivity contribution in [1.82, 2.24) is 5.23 Å². The largest absolute Gasteiger partial charge is 0.423 e. The van der Waals surface area contributed by atoms with Crippen LogP contribution in [0.25, 0.3) is 0 Å². The first-order valence-electron chi connectivity index (χ1n) is 1.67. The molecule has 1 N–H and O–H groups in total. The number of nitrogens with one attached hydrogen (secondary N) is 1. The maximum absolute atomic E-state index is 4.71. The summed E-state index contributed by atoms with van der Waals surface area (Å²) in [6.07, 6.45) is 0. The van der Waals surface area contributed by atoms with Crippen molar-refractivity contribution in [2.45, 2.75) is 0 Å². The van der Waals surface area contributed by atoms with E-state index < -0.39 is 0 Å². The summed E-state index contributed by atoms with van der Waals surface area (Å²) in [5.74, 6) is 0. The monoisotopic (exact) mass is 81.1 g/mol. The lowest BCUT2D eigenvalue weighted by Crippen LogP contribution is -2.09. The van der Waals surface area contributed by atoms with Crippen LogP contribution >= 0.6 is 0 Å². The molecule has 0 spiro atoms. The summed E-state index contributed by atoms with van der Waals surface area (Å²) in [6, 6.07) is 0. The highest BCUT2D eigenvalue weighted by Gasteiger charge is 1.97. The topological polar surface area (TPSA) is 21.3 Å². The third-order valence-electron chi connectivity index (χ3n) is 0.531. The smallest absolute Gasteiger partial charge is 0.395 e. The van der Waals surface area contributed by atoms with Crippen molar-refractivity contribution in [2.75, 3.05) is 13.2 Å². The van der Waals surface area contributed by atoms with Crippen LogP contribution in [0.3, 0.4) is 0 Å². The van der Waals surface area contributed by atoms with Gasteiger partial charge < -0.3 is 9.88 Å². The zero-order chi connectivity index (χ0) is 3.54. The summed E-state index contributed by atoms with van der Waals surface area (Å²) in [4.78, 5) is 0. The van der Waals surface area contributed by atoms with E-state index >= 15 is 0 Å². The fraction of sp³-hybridized carbons (Fsp3) is 1.00. The molecule has 0 unspecified atom stereocenters. The van der Waals surface area contributed by atoms with Gasteiger partial charge in [0.15, 0.2) is 0 Å². The summed E-state index contributed by atoms with van der Waals surface area (Å²) >= 11 is 0. The van der Waals surface area contributed by atoms with Crippen LogP contribution in [0.15, 0.2) is 0 Å². The van der Waals surface area contributed by atoms with E-state index in [0.717, 1.165) is 13.2 Å². The predicted molar refractivity (Wildman–Crippen MR) is 25.5 cm³/mol. The van der Waals surface area contributed by atoms with E-state index in [1.807, 2.05) is 0 Å². The minimum absolute atomic E-state index is 0. The predicted octanol–water partition coefficient (Wildman–Crippen LogP) is -1.24. The Morgan fingerprint density at radius 2 is 2.50 bits per heavy atom. The van der Waals surface area contributed by atoms with E-state index in [1.165, 1.54) is 0 Å². The molecule has 4 radical (unpaired) electrons. The van der Waals surface area contributed by atoms with Gasteiger partial charge in [-0.15, -0.1) is 0 Å². The van der Waals surface area contributed by atoms with E-state index in [4.69, 9.17) is 4.65 Å². The Bertz CT molecular complexity index is 23.1. The van der Waals surface area contributed by atoms with Crippen LogP contribution in [0.4, 0.5) is 0 Å². The lowest BCUT2D eigenvalue weighted by molar-refractivity contribution is 0.385. The van der Waals surface area contributed by atoms with Gasteiger partial charge in [-0.25, -0.2) is 0 Å². The van der Waals surface area contributed by atoms with Gasteiger partial charge in [-0.3, -0.25) is 0 Å². The summed E-state index contributed by atoms with van der Waals surface area (Å²) in [7, 11) is 1.61. The Morgan fingerprint density at radius 3 is 2.67 bits per heavy atom. The van der Waals surface area contributed by atoms with Crippen LogP contribution in [0, 0.1) is 0 Å².